The molecule has 12 atom stereocenters. The normalized spacial score (nSPS) is 40.3. The Morgan fingerprint density at radius 2 is 1.62 bits per heavy atom. The molecule has 3 heterocycles. The molecule has 0 spiro atoms. The molecule has 5 nitrogen and oxygen atoms in total. The van der Waals surface area contributed by atoms with Crippen LogP contribution in [0, 0.1) is 40.9 Å². The van der Waals surface area contributed by atoms with Crippen molar-refractivity contribution in [1.29, 1.82) is 0 Å². The van der Waals surface area contributed by atoms with Gasteiger partial charge >= 0.3 is 0 Å². The third-order valence-electron chi connectivity index (χ3n) is 17.0. The van der Waals surface area contributed by atoms with Gasteiger partial charge in [-0.25, -0.2) is 0 Å². The van der Waals surface area contributed by atoms with Crippen LogP contribution in [-0.4, -0.2) is 41.6 Å². The molecular formula is C56H66N4O. The summed E-state index contributed by atoms with van der Waals surface area (Å²) in [4.78, 5) is 2.90. The van der Waals surface area contributed by atoms with Gasteiger partial charge in [0.25, 0.3) is 0 Å². The van der Waals surface area contributed by atoms with Gasteiger partial charge in [-0.15, -0.1) is 0 Å². The van der Waals surface area contributed by atoms with Gasteiger partial charge in [0, 0.05) is 52.8 Å². The molecule has 61 heavy (non-hydrogen) atoms. The summed E-state index contributed by atoms with van der Waals surface area (Å²) in [5, 5.41) is 12.3. The van der Waals surface area contributed by atoms with E-state index in [1.165, 1.54) is 61.0 Å². The van der Waals surface area contributed by atoms with Gasteiger partial charge in [-0.1, -0.05) is 131 Å². The van der Waals surface area contributed by atoms with Crippen LogP contribution in [0.4, 0.5) is 0 Å². The molecule has 2 saturated heterocycles. The minimum Gasteiger partial charge on any atom is -0.493 e. The van der Waals surface area contributed by atoms with Gasteiger partial charge in [0.1, 0.15) is 11.9 Å². The summed E-state index contributed by atoms with van der Waals surface area (Å²) < 4.78 is 7.08. The van der Waals surface area contributed by atoms with Gasteiger partial charge in [-0.2, -0.15) is 0 Å². The molecule has 12 aliphatic rings. The van der Waals surface area contributed by atoms with E-state index in [0.29, 0.717) is 41.7 Å². The maximum Gasteiger partial charge on any atom is 0.109 e. The molecule has 9 aliphatic carbocycles. The van der Waals surface area contributed by atoms with Crippen LogP contribution in [0.2, 0.25) is 0 Å². The van der Waals surface area contributed by atoms with Crippen molar-refractivity contribution >= 4 is 0 Å². The Morgan fingerprint density at radius 1 is 0.754 bits per heavy atom. The zero-order valence-electron chi connectivity index (χ0n) is 36.9. The molecule has 0 saturated carbocycles. The summed E-state index contributed by atoms with van der Waals surface area (Å²) in [6.07, 6.45) is 54.6. The lowest BCUT2D eigenvalue weighted by Crippen LogP contribution is -2.69. The quantitative estimate of drug-likeness (QED) is 0.258. The Kier molecular flexibility index (Phi) is 9.46. The van der Waals surface area contributed by atoms with Crippen LogP contribution in [0.5, 0.6) is 0 Å². The van der Waals surface area contributed by atoms with Gasteiger partial charge in [-0.05, 0) is 121 Å². The summed E-state index contributed by atoms with van der Waals surface area (Å²) in [5.41, 5.74) is 15.5. The van der Waals surface area contributed by atoms with Crippen LogP contribution in [0.1, 0.15) is 98.3 Å². The largest absolute Gasteiger partial charge is 0.493 e. The van der Waals surface area contributed by atoms with Crippen molar-refractivity contribution in [3.05, 3.63) is 165 Å². The molecule has 316 valence electrons. The van der Waals surface area contributed by atoms with Crippen molar-refractivity contribution in [2.75, 3.05) is 0 Å². The molecule has 0 bridgehead atoms. The minimum absolute atomic E-state index is 0.0598. The fourth-order valence-electron chi connectivity index (χ4n) is 13.9. The van der Waals surface area contributed by atoms with Gasteiger partial charge in [-0.3, -0.25) is 16.0 Å². The number of hydrogen-bond donors (Lipinski definition) is 3. The monoisotopic (exact) mass is 811 g/mol. The van der Waals surface area contributed by atoms with E-state index in [2.05, 4.69) is 152 Å². The summed E-state index contributed by atoms with van der Waals surface area (Å²) >= 11 is 0. The highest BCUT2D eigenvalue weighted by Gasteiger charge is 2.51. The molecule has 11 unspecified atom stereocenters. The molecule has 0 aromatic carbocycles. The van der Waals surface area contributed by atoms with Gasteiger partial charge in [0.05, 0.1) is 24.5 Å². The zero-order chi connectivity index (χ0) is 41.0. The first-order valence-electron chi connectivity index (χ1n) is 24.3. The van der Waals surface area contributed by atoms with E-state index in [1.807, 2.05) is 0 Å². The molecule has 0 aromatic heterocycles. The van der Waals surface area contributed by atoms with E-state index in [0.717, 1.165) is 32.1 Å². The molecule has 0 aromatic rings. The van der Waals surface area contributed by atoms with E-state index >= 15 is 0 Å². The van der Waals surface area contributed by atoms with Crippen molar-refractivity contribution in [1.82, 2.24) is 20.9 Å². The summed E-state index contributed by atoms with van der Waals surface area (Å²) in [5.74, 6) is 3.95. The molecule has 3 N–H and O–H groups in total. The first-order chi connectivity index (χ1) is 29.8. The minimum atomic E-state index is 0.0598. The first-order valence-corrected chi connectivity index (χ1v) is 24.3. The number of nitrogens with zero attached hydrogens (tertiary/aromatic N) is 1. The highest BCUT2D eigenvalue weighted by atomic mass is 16.5. The summed E-state index contributed by atoms with van der Waals surface area (Å²) in [7, 11) is 0. The smallest absolute Gasteiger partial charge is 0.109 e. The number of fused-ring (bicyclic) bond motifs is 6. The molecule has 0 radical (unpaired) electrons. The van der Waals surface area contributed by atoms with Gasteiger partial charge < -0.3 is 9.64 Å². The second-order valence-electron chi connectivity index (χ2n) is 21.0. The third-order valence-corrected chi connectivity index (χ3v) is 17.0. The average molecular weight is 811 g/mol. The number of likely N-dealkylation sites (tertiary alicyclic amines) is 1. The van der Waals surface area contributed by atoms with Crippen LogP contribution in [-0.2, 0) is 4.74 Å². The zero-order valence-corrected chi connectivity index (χ0v) is 36.9. The maximum absolute atomic E-state index is 7.08. The van der Waals surface area contributed by atoms with Gasteiger partial charge in [0.2, 0.25) is 0 Å². The van der Waals surface area contributed by atoms with Crippen molar-refractivity contribution in [3.63, 3.8) is 0 Å². The van der Waals surface area contributed by atoms with Crippen molar-refractivity contribution < 1.29 is 4.74 Å². The lowest BCUT2D eigenvalue weighted by Gasteiger charge is -2.44. The number of allylic oxidation sites excluding steroid dienone is 19. The molecule has 3 aliphatic heterocycles. The predicted octanol–water partition coefficient (Wildman–Crippen LogP) is 11.1. The van der Waals surface area contributed by atoms with Crippen LogP contribution < -0.4 is 16.0 Å². The maximum atomic E-state index is 7.08. The van der Waals surface area contributed by atoms with Crippen molar-refractivity contribution in [2.24, 2.45) is 40.9 Å². The fraction of sp³-hybridized carbons (Fsp3) is 0.500. The fourth-order valence-corrected chi connectivity index (χ4v) is 13.9. The Labute approximate surface area is 365 Å². The van der Waals surface area contributed by atoms with E-state index < -0.39 is 0 Å². The van der Waals surface area contributed by atoms with E-state index in [-0.39, 0.29) is 35.9 Å². The first kappa shape index (κ1) is 38.5. The van der Waals surface area contributed by atoms with Crippen LogP contribution in [0.3, 0.4) is 0 Å². The molecule has 5 heteroatoms. The van der Waals surface area contributed by atoms with Gasteiger partial charge in [0.15, 0.2) is 0 Å². The number of ether oxygens (including phenoxy) is 1. The summed E-state index contributed by atoms with van der Waals surface area (Å²) in [6, 6.07) is 0.979. The Bertz CT molecular complexity index is 2340. The summed E-state index contributed by atoms with van der Waals surface area (Å²) in [6.45, 7) is 9.71. The molecule has 12 rings (SSSR count). The Hall–Kier alpha value is -4.16. The second-order valence-corrected chi connectivity index (χ2v) is 21.0. The highest BCUT2D eigenvalue weighted by molar-refractivity contribution is 5.63. The van der Waals surface area contributed by atoms with Crippen LogP contribution >= 0.6 is 0 Å². The lowest BCUT2D eigenvalue weighted by atomic mass is 9.76. The standard InChI is InChI=1S/C56H66N4O/c1-33-13-12-16-37(27-33)53-57-54(38-21-24-41-40-17-8-10-19-46(40)56(3,4)47(41)30-38)59-55(58-53)39-22-25-43-45-32-50(34(2)28-51(45)61-52(43)31-39)60-48-20-11-9-18-42(48)44-29-36(23-26-49(44)60)35-14-6-5-7-15-35/h5-6,9-12,14,16,18-20,22,25,27,29-30,32-34,39,42,44-45,48-49,51,53-55,57-59H,7-8,13,15,17,21,23-24,26,28,31H2,1-4H3/t33?,34?,39-,42?,44?,45?,48?,49?,51?,53?,54?,55?/m0/s1. The predicted molar refractivity (Wildman–Crippen MR) is 248 cm³/mol. The average Bonchev–Trinajstić information content (AvgIpc) is 3.90. The van der Waals surface area contributed by atoms with E-state index in [4.69, 9.17) is 4.74 Å². The van der Waals surface area contributed by atoms with E-state index in [1.54, 1.807) is 39.1 Å². The number of rotatable bonds is 5. The van der Waals surface area contributed by atoms with Crippen molar-refractivity contribution in [3.8, 4) is 0 Å². The number of hydrogen-bond acceptors (Lipinski definition) is 5. The van der Waals surface area contributed by atoms with Crippen LogP contribution in [0.25, 0.3) is 0 Å². The molecule has 0 amide bonds. The topological polar surface area (TPSA) is 48.6 Å². The van der Waals surface area contributed by atoms with Crippen LogP contribution in [0.15, 0.2) is 165 Å². The molecular weight excluding hydrogens is 745 g/mol. The Balaban J connectivity index is 0.811. The van der Waals surface area contributed by atoms with E-state index in [9.17, 15) is 0 Å². The van der Waals surface area contributed by atoms with Crippen molar-refractivity contribution in [2.45, 2.75) is 135 Å². The third kappa shape index (κ3) is 6.42. The molecule has 2 fully saturated rings. The second kappa shape index (κ2) is 15.0. The lowest BCUT2D eigenvalue weighted by molar-refractivity contribution is 0.0771. The number of nitrogens with one attached hydrogen (secondary N) is 3. The Morgan fingerprint density at radius 3 is 2.51 bits per heavy atom. The highest BCUT2D eigenvalue weighted by Crippen LogP contribution is 2.55. The SMILES string of the molecule is CC1C=C(C2NC(C3=CC4=C(CC3)C3=C(C=CCC3)C4(C)C)NC([C@H]3C=CC4=C(C3)OC3CC(C)C(N5C6C=CC=CC6C6C=C(C7=CC=CCC7)CCC65)=CC43)N2)C=CC1.